The van der Waals surface area contributed by atoms with Crippen molar-refractivity contribution in [2.24, 2.45) is 0 Å². The van der Waals surface area contributed by atoms with E-state index >= 15 is 0 Å². The van der Waals surface area contributed by atoms with E-state index in [4.69, 9.17) is 11.6 Å². The molecule has 2 aromatic heterocycles. The molecule has 0 bridgehead atoms. The normalized spacial score (nSPS) is 10.8. The fraction of sp³-hybridized carbons (Fsp3) is 0.333. The molecule has 0 unspecified atom stereocenters. The number of alkyl halides is 1. The van der Waals surface area contributed by atoms with Crippen molar-refractivity contribution in [1.82, 2.24) is 14.3 Å². The van der Waals surface area contributed by atoms with Crippen molar-refractivity contribution in [2.75, 3.05) is 6.67 Å². The molecule has 0 amide bonds. The summed E-state index contributed by atoms with van der Waals surface area (Å²) in [6, 6.07) is 1.35. The number of nitro groups is 1. The molecule has 2 rings (SSSR count). The van der Waals surface area contributed by atoms with Gasteiger partial charge < -0.3 is 4.57 Å². The monoisotopic (exact) mass is 314 g/mol. The molecule has 0 N–H and O–H groups in total. The first-order valence-electron chi connectivity index (χ1n) is 6.17. The highest BCUT2D eigenvalue weighted by atomic mass is 35.5. The highest BCUT2D eigenvalue weighted by Gasteiger charge is 2.17. The Hall–Kier alpha value is -2.22. The number of halogens is 2. The van der Waals surface area contributed by atoms with Gasteiger partial charge in [-0.1, -0.05) is 11.6 Å². The molecule has 0 saturated carbocycles. The third-order valence-corrected chi connectivity index (χ3v) is 3.28. The fourth-order valence-electron chi connectivity index (χ4n) is 2.08. The predicted molar refractivity (Wildman–Crippen MR) is 74.8 cm³/mol. The van der Waals surface area contributed by atoms with E-state index in [1.165, 1.54) is 21.5 Å². The van der Waals surface area contributed by atoms with Gasteiger partial charge in [-0.2, -0.15) is 5.10 Å². The molecule has 0 aliphatic carbocycles. The maximum Gasteiger partial charge on any atom is 0.307 e. The third kappa shape index (κ3) is 2.80. The zero-order chi connectivity index (χ0) is 15.6. The number of pyridine rings is 1. The molecule has 2 aromatic rings. The molecule has 9 heteroatoms. The molecule has 0 spiro atoms. The van der Waals surface area contributed by atoms with Gasteiger partial charge >= 0.3 is 5.69 Å². The molecule has 112 valence electrons. The van der Waals surface area contributed by atoms with Crippen LogP contribution in [-0.4, -0.2) is 25.9 Å². The Morgan fingerprint density at radius 1 is 1.52 bits per heavy atom. The van der Waals surface area contributed by atoms with Gasteiger partial charge in [0.2, 0.25) is 0 Å². The zero-order valence-electron chi connectivity index (χ0n) is 11.1. The Morgan fingerprint density at radius 3 is 2.76 bits per heavy atom. The highest BCUT2D eigenvalue weighted by molar-refractivity contribution is 6.30. The van der Waals surface area contributed by atoms with Crippen LogP contribution in [-0.2, 0) is 13.0 Å². The Balaban J connectivity index is 2.68. The van der Waals surface area contributed by atoms with E-state index < -0.39 is 17.2 Å². The maximum absolute atomic E-state index is 12.8. The van der Waals surface area contributed by atoms with Gasteiger partial charge in [-0.3, -0.25) is 19.3 Å². The second-order valence-corrected chi connectivity index (χ2v) is 4.62. The van der Waals surface area contributed by atoms with E-state index in [0.717, 1.165) is 6.20 Å². The van der Waals surface area contributed by atoms with Gasteiger partial charge in [0, 0.05) is 18.7 Å². The third-order valence-electron chi connectivity index (χ3n) is 3.01. The van der Waals surface area contributed by atoms with Crippen molar-refractivity contribution in [3.63, 3.8) is 0 Å². The first-order valence-corrected chi connectivity index (χ1v) is 6.55. The summed E-state index contributed by atoms with van der Waals surface area (Å²) in [5.41, 5.74) is 0.124. The first kappa shape index (κ1) is 15.2. The number of hydrogen-bond acceptors (Lipinski definition) is 4. The molecule has 0 fully saturated rings. The molecule has 0 atom stereocenters. The van der Waals surface area contributed by atoms with Crippen LogP contribution in [0.2, 0.25) is 5.02 Å². The number of nitrogens with zero attached hydrogens (tertiary/aromatic N) is 4. The molecule has 2 heterocycles. The fourth-order valence-corrected chi connectivity index (χ4v) is 2.28. The molecular weight excluding hydrogens is 303 g/mol. The molecule has 0 saturated heterocycles. The molecule has 21 heavy (non-hydrogen) atoms. The summed E-state index contributed by atoms with van der Waals surface area (Å²) in [6.45, 7) is 1.37. The lowest BCUT2D eigenvalue weighted by molar-refractivity contribution is -0.384. The van der Waals surface area contributed by atoms with Crippen LogP contribution in [0.25, 0.3) is 5.69 Å². The minimum atomic E-state index is -0.669. The van der Waals surface area contributed by atoms with E-state index in [0.29, 0.717) is 17.9 Å². The largest absolute Gasteiger partial charge is 0.309 e. The van der Waals surface area contributed by atoms with Crippen LogP contribution in [0, 0.1) is 10.1 Å². The van der Waals surface area contributed by atoms with Crippen molar-refractivity contribution in [2.45, 2.75) is 19.9 Å². The maximum atomic E-state index is 12.8. The summed E-state index contributed by atoms with van der Waals surface area (Å²) in [7, 11) is 0. The summed E-state index contributed by atoms with van der Waals surface area (Å²) in [5, 5.41) is 14.5. The molecule has 0 aliphatic rings. The smallest absolute Gasteiger partial charge is 0.307 e. The average Bonchev–Trinajstić information content (AvgIpc) is 2.93. The standard InChI is InChI=1S/C12H12ClFN4O3/c1-2-16-10(3-4-14)11(5-9(13)12(16)19)17-7-8(6-15-17)18(20)21/h5-7H,2-4H2,1H3. The predicted octanol–water partition coefficient (Wildman–Crippen LogP) is 2.13. The van der Waals surface area contributed by atoms with Crippen LogP contribution >= 0.6 is 11.6 Å². The SMILES string of the molecule is CCn1c(CCF)c(-n2cc([N+](=O)[O-])cn2)cc(Cl)c1=O. The van der Waals surface area contributed by atoms with E-state index in [2.05, 4.69) is 5.10 Å². The molecule has 0 aromatic carbocycles. The van der Waals surface area contributed by atoms with E-state index in [-0.39, 0.29) is 17.1 Å². The Bertz CT molecular complexity index is 741. The number of hydrogen-bond donors (Lipinski definition) is 0. The van der Waals surface area contributed by atoms with Crippen molar-refractivity contribution in [1.29, 1.82) is 0 Å². The van der Waals surface area contributed by atoms with Crippen molar-refractivity contribution in [3.05, 3.63) is 49.6 Å². The number of aromatic nitrogens is 3. The van der Waals surface area contributed by atoms with Crippen LogP contribution in [0.4, 0.5) is 10.1 Å². The minimum Gasteiger partial charge on any atom is -0.309 e. The van der Waals surface area contributed by atoms with Crippen LogP contribution in [0.5, 0.6) is 0 Å². The minimum absolute atomic E-state index is 0.0107. The van der Waals surface area contributed by atoms with Crippen LogP contribution in [0.3, 0.4) is 0 Å². The van der Waals surface area contributed by atoms with E-state index in [9.17, 15) is 19.3 Å². The Morgan fingerprint density at radius 2 is 2.24 bits per heavy atom. The highest BCUT2D eigenvalue weighted by Crippen LogP contribution is 2.20. The summed E-state index contributed by atoms with van der Waals surface area (Å²) in [6.07, 6.45) is 2.26. The van der Waals surface area contributed by atoms with E-state index in [1.54, 1.807) is 6.92 Å². The Labute approximate surface area is 123 Å². The van der Waals surface area contributed by atoms with Crippen molar-refractivity contribution in [3.8, 4) is 5.69 Å². The van der Waals surface area contributed by atoms with Gasteiger partial charge in [-0.05, 0) is 13.0 Å². The average molecular weight is 315 g/mol. The summed E-state index contributed by atoms with van der Waals surface area (Å²) in [5.74, 6) is 0. The van der Waals surface area contributed by atoms with Crippen molar-refractivity contribution >= 4 is 17.3 Å². The van der Waals surface area contributed by atoms with E-state index in [1.807, 2.05) is 0 Å². The zero-order valence-corrected chi connectivity index (χ0v) is 11.9. The Kier molecular flexibility index (Phi) is 4.37. The summed E-state index contributed by atoms with van der Waals surface area (Å²) < 4.78 is 15.3. The van der Waals surface area contributed by atoms with Crippen LogP contribution in [0.1, 0.15) is 12.6 Å². The van der Waals surface area contributed by atoms with Gasteiger partial charge in [-0.15, -0.1) is 0 Å². The quantitative estimate of drug-likeness (QED) is 0.625. The van der Waals surface area contributed by atoms with Gasteiger partial charge in [0.1, 0.15) is 17.4 Å². The first-order chi connectivity index (χ1) is 9.99. The second-order valence-electron chi connectivity index (χ2n) is 4.21. The van der Waals surface area contributed by atoms with Crippen LogP contribution < -0.4 is 5.56 Å². The summed E-state index contributed by atoms with van der Waals surface area (Å²) in [4.78, 5) is 22.1. The lowest BCUT2D eigenvalue weighted by Gasteiger charge is -2.15. The molecular formula is C12H12ClFN4O3. The second kappa shape index (κ2) is 6.04. The molecule has 7 nitrogen and oxygen atoms in total. The van der Waals surface area contributed by atoms with Gasteiger partial charge in [0.05, 0.1) is 17.3 Å². The van der Waals surface area contributed by atoms with Gasteiger partial charge in [0.25, 0.3) is 5.56 Å². The summed E-state index contributed by atoms with van der Waals surface area (Å²) >= 11 is 5.89. The van der Waals surface area contributed by atoms with Gasteiger partial charge in [-0.25, -0.2) is 4.68 Å². The lowest BCUT2D eigenvalue weighted by Crippen LogP contribution is -2.25. The van der Waals surface area contributed by atoms with Crippen LogP contribution in [0.15, 0.2) is 23.3 Å². The molecule has 0 radical (unpaired) electrons. The lowest BCUT2D eigenvalue weighted by atomic mass is 10.2. The number of rotatable bonds is 5. The van der Waals surface area contributed by atoms with Gasteiger partial charge in [0.15, 0.2) is 0 Å². The molecule has 0 aliphatic heterocycles. The van der Waals surface area contributed by atoms with Crippen molar-refractivity contribution < 1.29 is 9.31 Å². The topological polar surface area (TPSA) is 83.0 Å².